The van der Waals surface area contributed by atoms with E-state index in [1.165, 1.54) is 24.0 Å². The van der Waals surface area contributed by atoms with Crippen molar-refractivity contribution in [3.05, 3.63) is 35.4 Å². The van der Waals surface area contributed by atoms with Gasteiger partial charge in [0.25, 0.3) is 0 Å². The van der Waals surface area contributed by atoms with E-state index in [0.29, 0.717) is 18.6 Å². The van der Waals surface area contributed by atoms with Crippen LogP contribution in [0.25, 0.3) is 0 Å². The Bertz CT molecular complexity index is 443. The molecule has 2 nitrogen and oxygen atoms in total. The zero-order valence-electron chi connectivity index (χ0n) is 13.7. The van der Waals surface area contributed by atoms with Gasteiger partial charge in [-0.3, -0.25) is 4.90 Å². The molecule has 2 atom stereocenters. The van der Waals surface area contributed by atoms with Gasteiger partial charge in [0.2, 0.25) is 0 Å². The summed E-state index contributed by atoms with van der Waals surface area (Å²) in [7, 11) is 2.21. The Hall–Kier alpha value is -0.860. The van der Waals surface area contributed by atoms with Crippen molar-refractivity contribution in [2.24, 2.45) is 11.1 Å². The lowest BCUT2D eigenvalue weighted by Crippen LogP contribution is -2.43. The van der Waals surface area contributed by atoms with E-state index < -0.39 is 0 Å². The summed E-state index contributed by atoms with van der Waals surface area (Å²) >= 11 is 0. The Morgan fingerprint density at radius 1 is 1.30 bits per heavy atom. The summed E-state index contributed by atoms with van der Waals surface area (Å²) in [5, 5.41) is 0. The first kappa shape index (κ1) is 15.5. The van der Waals surface area contributed by atoms with E-state index in [0.717, 1.165) is 5.92 Å². The summed E-state index contributed by atoms with van der Waals surface area (Å²) in [6.07, 6.45) is 2.70. The van der Waals surface area contributed by atoms with Gasteiger partial charge < -0.3 is 5.73 Å². The normalized spacial score (nSPS) is 19.1. The summed E-state index contributed by atoms with van der Waals surface area (Å²) < 4.78 is 0. The van der Waals surface area contributed by atoms with Crippen LogP contribution >= 0.6 is 0 Å². The standard InChI is InChI=1S/C18H30N2/c1-13(18(2,3)4)20(5)17(12-19)16-8-6-7-15(11-16)14-9-10-14/h6-8,11,13-14,17H,9-10,12,19H2,1-5H3. The van der Waals surface area contributed by atoms with Crippen LogP contribution in [0.2, 0.25) is 0 Å². The maximum absolute atomic E-state index is 6.09. The van der Waals surface area contributed by atoms with Crippen LogP contribution in [-0.2, 0) is 0 Å². The number of hydrogen-bond acceptors (Lipinski definition) is 2. The third-order valence-corrected chi connectivity index (χ3v) is 4.92. The SMILES string of the molecule is CC(N(C)C(CN)c1cccc(C2CC2)c1)C(C)(C)C. The zero-order chi connectivity index (χ0) is 14.9. The Morgan fingerprint density at radius 3 is 2.45 bits per heavy atom. The fraction of sp³-hybridized carbons (Fsp3) is 0.667. The van der Waals surface area contributed by atoms with Gasteiger partial charge in [-0.2, -0.15) is 0 Å². The number of rotatable bonds is 5. The van der Waals surface area contributed by atoms with Gasteiger partial charge in [0.1, 0.15) is 0 Å². The number of benzene rings is 1. The highest BCUT2D eigenvalue weighted by molar-refractivity contribution is 5.31. The lowest BCUT2D eigenvalue weighted by Gasteiger charge is -2.40. The first-order valence-corrected chi connectivity index (χ1v) is 7.86. The molecular weight excluding hydrogens is 244 g/mol. The molecule has 0 amide bonds. The molecule has 112 valence electrons. The van der Waals surface area contributed by atoms with E-state index in [2.05, 4.69) is 63.9 Å². The molecule has 2 rings (SSSR count). The van der Waals surface area contributed by atoms with Gasteiger partial charge in [-0.25, -0.2) is 0 Å². The highest BCUT2D eigenvalue weighted by Gasteiger charge is 2.29. The quantitative estimate of drug-likeness (QED) is 0.881. The van der Waals surface area contributed by atoms with Crippen LogP contribution in [0.15, 0.2) is 24.3 Å². The fourth-order valence-electron chi connectivity index (χ4n) is 2.86. The fourth-order valence-corrected chi connectivity index (χ4v) is 2.86. The minimum Gasteiger partial charge on any atom is -0.329 e. The average molecular weight is 274 g/mol. The van der Waals surface area contributed by atoms with E-state index >= 15 is 0 Å². The highest BCUT2D eigenvalue weighted by Crippen LogP contribution is 2.41. The van der Waals surface area contributed by atoms with Crippen molar-refractivity contribution in [1.29, 1.82) is 0 Å². The van der Waals surface area contributed by atoms with Crippen molar-refractivity contribution in [2.45, 2.75) is 58.5 Å². The number of likely N-dealkylation sites (N-methyl/N-ethyl adjacent to an activating group) is 1. The second kappa shape index (κ2) is 5.87. The van der Waals surface area contributed by atoms with Crippen LogP contribution in [-0.4, -0.2) is 24.5 Å². The molecule has 0 aromatic heterocycles. The molecule has 1 aliphatic carbocycles. The first-order chi connectivity index (χ1) is 9.34. The van der Waals surface area contributed by atoms with Crippen LogP contribution < -0.4 is 5.73 Å². The van der Waals surface area contributed by atoms with Crippen molar-refractivity contribution in [3.63, 3.8) is 0 Å². The molecule has 0 spiro atoms. The lowest BCUT2D eigenvalue weighted by atomic mass is 9.85. The third kappa shape index (κ3) is 3.42. The van der Waals surface area contributed by atoms with E-state index in [-0.39, 0.29) is 5.41 Å². The van der Waals surface area contributed by atoms with Crippen LogP contribution in [0, 0.1) is 5.41 Å². The Kier molecular flexibility index (Phi) is 4.55. The molecule has 1 aliphatic rings. The molecule has 0 saturated heterocycles. The molecule has 1 aromatic rings. The monoisotopic (exact) mass is 274 g/mol. The summed E-state index contributed by atoms with van der Waals surface area (Å²) in [4.78, 5) is 2.44. The molecule has 20 heavy (non-hydrogen) atoms. The van der Waals surface area contributed by atoms with Crippen molar-refractivity contribution in [2.75, 3.05) is 13.6 Å². The molecule has 1 fully saturated rings. The maximum Gasteiger partial charge on any atom is 0.0470 e. The molecule has 0 aliphatic heterocycles. The predicted molar refractivity (Wildman–Crippen MR) is 86.9 cm³/mol. The average Bonchev–Trinajstić information content (AvgIpc) is 3.22. The second-order valence-corrected chi connectivity index (χ2v) is 7.40. The molecule has 1 saturated carbocycles. The van der Waals surface area contributed by atoms with Crippen molar-refractivity contribution >= 4 is 0 Å². The smallest absolute Gasteiger partial charge is 0.0470 e. The Morgan fingerprint density at radius 2 is 1.95 bits per heavy atom. The van der Waals surface area contributed by atoms with Crippen molar-refractivity contribution in [1.82, 2.24) is 4.90 Å². The van der Waals surface area contributed by atoms with Gasteiger partial charge in [0, 0.05) is 18.6 Å². The summed E-state index contributed by atoms with van der Waals surface area (Å²) in [6, 6.07) is 9.86. The molecule has 0 radical (unpaired) electrons. The number of nitrogens with two attached hydrogens (primary N) is 1. The molecular formula is C18H30N2. The van der Waals surface area contributed by atoms with Gasteiger partial charge in [-0.05, 0) is 49.3 Å². The second-order valence-electron chi connectivity index (χ2n) is 7.40. The topological polar surface area (TPSA) is 29.3 Å². The van der Waals surface area contributed by atoms with Crippen LogP contribution in [0.4, 0.5) is 0 Å². The summed E-state index contributed by atoms with van der Waals surface area (Å²) in [5.41, 5.74) is 9.22. The van der Waals surface area contributed by atoms with E-state index in [9.17, 15) is 0 Å². The van der Waals surface area contributed by atoms with Gasteiger partial charge in [0.15, 0.2) is 0 Å². The van der Waals surface area contributed by atoms with E-state index in [4.69, 9.17) is 5.73 Å². The molecule has 1 aromatic carbocycles. The number of nitrogens with zero attached hydrogens (tertiary/aromatic N) is 1. The van der Waals surface area contributed by atoms with E-state index in [1.54, 1.807) is 0 Å². The van der Waals surface area contributed by atoms with Gasteiger partial charge in [-0.1, -0.05) is 45.0 Å². The minimum absolute atomic E-state index is 0.260. The lowest BCUT2D eigenvalue weighted by molar-refractivity contribution is 0.100. The van der Waals surface area contributed by atoms with Crippen LogP contribution in [0.5, 0.6) is 0 Å². The highest BCUT2D eigenvalue weighted by atomic mass is 15.2. The minimum atomic E-state index is 0.260. The van der Waals surface area contributed by atoms with Crippen molar-refractivity contribution in [3.8, 4) is 0 Å². The van der Waals surface area contributed by atoms with Gasteiger partial charge in [-0.15, -0.1) is 0 Å². The van der Waals surface area contributed by atoms with Gasteiger partial charge >= 0.3 is 0 Å². The van der Waals surface area contributed by atoms with E-state index in [1.807, 2.05) is 0 Å². The molecule has 0 bridgehead atoms. The number of hydrogen-bond donors (Lipinski definition) is 1. The zero-order valence-corrected chi connectivity index (χ0v) is 13.7. The summed E-state index contributed by atoms with van der Waals surface area (Å²) in [6.45, 7) is 9.85. The van der Waals surface area contributed by atoms with Crippen LogP contribution in [0.1, 0.15) is 63.6 Å². The molecule has 0 heterocycles. The molecule has 2 N–H and O–H groups in total. The largest absolute Gasteiger partial charge is 0.329 e. The Balaban J connectivity index is 2.20. The maximum atomic E-state index is 6.09. The third-order valence-electron chi connectivity index (χ3n) is 4.92. The van der Waals surface area contributed by atoms with Crippen LogP contribution in [0.3, 0.4) is 0 Å². The Labute approximate surface area is 124 Å². The van der Waals surface area contributed by atoms with Crippen molar-refractivity contribution < 1.29 is 0 Å². The first-order valence-electron chi connectivity index (χ1n) is 7.86. The summed E-state index contributed by atoms with van der Waals surface area (Å²) in [5.74, 6) is 0.804. The molecule has 2 heteroatoms. The predicted octanol–water partition coefficient (Wildman–Crippen LogP) is 3.93. The van der Waals surface area contributed by atoms with Gasteiger partial charge in [0.05, 0.1) is 0 Å². The molecule has 2 unspecified atom stereocenters.